The average Bonchev–Trinajstić information content (AvgIpc) is 3.15. The van der Waals surface area contributed by atoms with Crippen LogP contribution in [0.1, 0.15) is 37.8 Å². The number of benzene rings is 1. The summed E-state index contributed by atoms with van der Waals surface area (Å²) < 4.78 is 2.30. The van der Waals surface area contributed by atoms with Crippen LogP contribution in [0.3, 0.4) is 0 Å². The Kier molecular flexibility index (Phi) is 4.86. The molecule has 1 aromatic carbocycles. The maximum atomic E-state index is 3.71. The van der Waals surface area contributed by atoms with Gasteiger partial charge in [0.2, 0.25) is 0 Å². The Labute approximate surface area is 138 Å². The van der Waals surface area contributed by atoms with E-state index in [1.54, 1.807) is 0 Å². The highest BCUT2D eigenvalue weighted by atomic mass is 79.9. The summed E-state index contributed by atoms with van der Waals surface area (Å²) in [5.74, 6) is 0.826. The van der Waals surface area contributed by atoms with Gasteiger partial charge in [0, 0.05) is 27.6 Å². The molecule has 2 atom stereocenters. The van der Waals surface area contributed by atoms with Crippen LogP contribution in [-0.2, 0) is 0 Å². The number of hydrogen-bond donors (Lipinski definition) is 1. The van der Waals surface area contributed by atoms with Crippen molar-refractivity contribution >= 4 is 31.9 Å². The number of nitrogens with zero attached hydrogens (tertiary/aromatic N) is 1. The second-order valence-electron chi connectivity index (χ2n) is 6.18. The molecule has 2 unspecified atom stereocenters. The molecule has 1 aliphatic heterocycles. The standard InChI is InChI=1S/C16H22Br2N2/c1-11(15-5-2-13(17)8-16(15)18)19-9-12-6-7-20(10-12)14-3-4-14/h2,5,8,11-12,14,19H,3-4,6-7,9-10H2,1H3. The van der Waals surface area contributed by atoms with E-state index in [1.807, 2.05) is 0 Å². The number of nitrogens with one attached hydrogen (secondary N) is 1. The molecular formula is C16H22Br2N2. The van der Waals surface area contributed by atoms with E-state index in [4.69, 9.17) is 0 Å². The van der Waals surface area contributed by atoms with Gasteiger partial charge in [-0.3, -0.25) is 0 Å². The molecule has 110 valence electrons. The second-order valence-corrected chi connectivity index (χ2v) is 7.95. The van der Waals surface area contributed by atoms with Gasteiger partial charge < -0.3 is 10.2 Å². The Morgan fingerprint density at radius 2 is 2.10 bits per heavy atom. The summed E-state index contributed by atoms with van der Waals surface area (Å²) in [7, 11) is 0. The highest BCUT2D eigenvalue weighted by molar-refractivity contribution is 9.11. The zero-order valence-corrected chi connectivity index (χ0v) is 15.1. The fourth-order valence-electron chi connectivity index (χ4n) is 3.11. The van der Waals surface area contributed by atoms with Gasteiger partial charge in [-0.1, -0.05) is 37.9 Å². The summed E-state index contributed by atoms with van der Waals surface area (Å²) in [4.78, 5) is 2.69. The molecule has 2 nitrogen and oxygen atoms in total. The van der Waals surface area contributed by atoms with E-state index in [-0.39, 0.29) is 0 Å². The molecule has 0 spiro atoms. The molecule has 1 saturated carbocycles. The van der Waals surface area contributed by atoms with Crippen LogP contribution in [-0.4, -0.2) is 30.6 Å². The summed E-state index contributed by atoms with van der Waals surface area (Å²) in [6.07, 6.45) is 4.22. The normalized spacial score (nSPS) is 25.1. The maximum Gasteiger partial charge on any atom is 0.0303 e. The summed E-state index contributed by atoms with van der Waals surface area (Å²) in [6, 6.07) is 7.75. The first kappa shape index (κ1) is 15.0. The van der Waals surface area contributed by atoms with Crippen LogP contribution in [0.4, 0.5) is 0 Å². The van der Waals surface area contributed by atoms with E-state index in [0.717, 1.165) is 23.0 Å². The molecule has 0 radical (unpaired) electrons. The van der Waals surface area contributed by atoms with E-state index >= 15 is 0 Å². The van der Waals surface area contributed by atoms with Crippen molar-refractivity contribution < 1.29 is 0 Å². The SMILES string of the molecule is CC(NCC1CCN(C2CC2)C1)c1ccc(Br)cc1Br. The lowest BCUT2D eigenvalue weighted by Crippen LogP contribution is -2.29. The molecule has 4 heteroatoms. The molecular weight excluding hydrogens is 380 g/mol. The van der Waals surface area contributed by atoms with Crippen LogP contribution in [0, 0.1) is 5.92 Å². The maximum absolute atomic E-state index is 3.71. The highest BCUT2D eigenvalue weighted by Gasteiger charge is 2.34. The van der Waals surface area contributed by atoms with Crippen LogP contribution in [0.25, 0.3) is 0 Å². The van der Waals surface area contributed by atoms with E-state index in [1.165, 1.54) is 42.4 Å². The van der Waals surface area contributed by atoms with Crippen molar-refractivity contribution in [2.45, 2.75) is 38.3 Å². The zero-order valence-electron chi connectivity index (χ0n) is 11.9. The summed E-state index contributed by atoms with van der Waals surface area (Å²) in [5.41, 5.74) is 1.34. The predicted molar refractivity (Wildman–Crippen MR) is 91.0 cm³/mol. The molecule has 1 saturated heterocycles. The van der Waals surface area contributed by atoms with Crippen LogP contribution >= 0.6 is 31.9 Å². The van der Waals surface area contributed by atoms with Gasteiger partial charge in [-0.15, -0.1) is 0 Å². The largest absolute Gasteiger partial charge is 0.310 e. The van der Waals surface area contributed by atoms with Gasteiger partial charge >= 0.3 is 0 Å². The molecule has 0 bridgehead atoms. The molecule has 20 heavy (non-hydrogen) atoms. The quantitative estimate of drug-likeness (QED) is 0.788. The minimum atomic E-state index is 0.396. The van der Waals surface area contributed by atoms with Crippen molar-refractivity contribution in [3.05, 3.63) is 32.7 Å². The minimum absolute atomic E-state index is 0.396. The number of hydrogen-bond acceptors (Lipinski definition) is 2. The van der Waals surface area contributed by atoms with Crippen molar-refractivity contribution in [2.75, 3.05) is 19.6 Å². The highest BCUT2D eigenvalue weighted by Crippen LogP contribution is 2.32. The molecule has 3 rings (SSSR count). The lowest BCUT2D eigenvalue weighted by molar-refractivity contribution is 0.310. The lowest BCUT2D eigenvalue weighted by atomic mass is 10.1. The fraction of sp³-hybridized carbons (Fsp3) is 0.625. The van der Waals surface area contributed by atoms with Crippen molar-refractivity contribution in [3.63, 3.8) is 0 Å². The number of rotatable bonds is 5. The molecule has 0 amide bonds. The second kappa shape index (κ2) is 6.47. The Bertz CT molecular complexity index is 474. The average molecular weight is 402 g/mol. The van der Waals surface area contributed by atoms with Crippen LogP contribution in [0.5, 0.6) is 0 Å². The smallest absolute Gasteiger partial charge is 0.0303 e. The molecule has 1 aliphatic carbocycles. The third-order valence-electron chi connectivity index (χ3n) is 4.52. The first-order chi connectivity index (χ1) is 9.63. The van der Waals surface area contributed by atoms with Crippen molar-refractivity contribution in [2.24, 2.45) is 5.92 Å². The predicted octanol–water partition coefficient (Wildman–Crippen LogP) is 4.35. The van der Waals surface area contributed by atoms with Crippen molar-refractivity contribution in [1.82, 2.24) is 10.2 Å². The molecule has 2 aliphatic rings. The van der Waals surface area contributed by atoms with Crippen LogP contribution in [0.15, 0.2) is 27.1 Å². The Balaban J connectivity index is 1.50. The Morgan fingerprint density at radius 3 is 2.80 bits per heavy atom. The summed E-state index contributed by atoms with van der Waals surface area (Å²) >= 11 is 7.17. The van der Waals surface area contributed by atoms with Gasteiger partial charge in [-0.25, -0.2) is 0 Å². The monoisotopic (exact) mass is 400 g/mol. The zero-order chi connectivity index (χ0) is 14.1. The van der Waals surface area contributed by atoms with Crippen LogP contribution in [0.2, 0.25) is 0 Å². The minimum Gasteiger partial charge on any atom is -0.310 e. The van der Waals surface area contributed by atoms with Gasteiger partial charge in [-0.05, 0) is 62.9 Å². The van der Waals surface area contributed by atoms with Crippen molar-refractivity contribution in [3.8, 4) is 0 Å². The molecule has 1 aromatic rings. The Morgan fingerprint density at radius 1 is 1.30 bits per heavy atom. The summed E-state index contributed by atoms with van der Waals surface area (Å²) in [5, 5.41) is 3.71. The first-order valence-electron chi connectivity index (χ1n) is 7.56. The number of likely N-dealkylation sites (tertiary alicyclic amines) is 1. The van der Waals surface area contributed by atoms with Gasteiger partial charge in [0.1, 0.15) is 0 Å². The number of halogens is 2. The molecule has 1 N–H and O–H groups in total. The van der Waals surface area contributed by atoms with E-state index in [2.05, 4.69) is 67.2 Å². The third kappa shape index (κ3) is 3.65. The molecule has 0 aromatic heterocycles. The first-order valence-corrected chi connectivity index (χ1v) is 9.14. The third-order valence-corrected chi connectivity index (χ3v) is 5.70. The van der Waals surface area contributed by atoms with E-state index < -0.39 is 0 Å². The summed E-state index contributed by atoms with van der Waals surface area (Å²) in [6.45, 7) is 5.99. The van der Waals surface area contributed by atoms with Gasteiger partial charge in [0.15, 0.2) is 0 Å². The van der Waals surface area contributed by atoms with E-state index in [0.29, 0.717) is 6.04 Å². The lowest BCUT2D eigenvalue weighted by Gasteiger charge is -2.19. The fourth-order valence-corrected chi connectivity index (χ4v) is 4.50. The Hall–Kier alpha value is 0.1000. The topological polar surface area (TPSA) is 15.3 Å². The van der Waals surface area contributed by atoms with E-state index in [9.17, 15) is 0 Å². The molecule has 2 fully saturated rings. The van der Waals surface area contributed by atoms with Crippen LogP contribution < -0.4 is 5.32 Å². The van der Waals surface area contributed by atoms with Gasteiger partial charge in [0.05, 0.1) is 0 Å². The van der Waals surface area contributed by atoms with Gasteiger partial charge in [-0.2, -0.15) is 0 Å². The molecule has 1 heterocycles. The van der Waals surface area contributed by atoms with Crippen molar-refractivity contribution in [1.29, 1.82) is 0 Å². The van der Waals surface area contributed by atoms with Gasteiger partial charge in [0.25, 0.3) is 0 Å².